The molecule has 3 aromatic rings. The first kappa shape index (κ1) is 17.7. The summed E-state index contributed by atoms with van der Waals surface area (Å²) in [7, 11) is 0. The lowest BCUT2D eigenvalue weighted by molar-refractivity contribution is 0.306. The lowest BCUT2D eigenvalue weighted by Gasteiger charge is -2.17. The summed E-state index contributed by atoms with van der Waals surface area (Å²) in [5.74, 6) is 0.462. The fraction of sp³-hybridized carbons (Fsp3) is 0.250. The highest BCUT2D eigenvalue weighted by molar-refractivity contribution is 6.42. The van der Waals surface area contributed by atoms with Gasteiger partial charge in [0.2, 0.25) is 0 Å². The Morgan fingerprint density at radius 1 is 0.923 bits per heavy atom. The molecule has 0 saturated heterocycles. The highest BCUT2D eigenvalue weighted by atomic mass is 35.5. The summed E-state index contributed by atoms with van der Waals surface area (Å²) in [6.45, 7) is 0.275. The van der Waals surface area contributed by atoms with E-state index >= 15 is 0 Å². The van der Waals surface area contributed by atoms with E-state index in [2.05, 4.69) is 0 Å². The monoisotopic (exact) mass is 408 g/mol. The van der Waals surface area contributed by atoms with Gasteiger partial charge in [-0.15, -0.1) is 0 Å². The summed E-state index contributed by atoms with van der Waals surface area (Å²) in [6.07, 6.45) is 3.72. The van der Waals surface area contributed by atoms with Gasteiger partial charge in [0.05, 0.1) is 15.1 Å². The molecule has 0 aliphatic heterocycles. The number of rotatable bonds is 3. The van der Waals surface area contributed by atoms with Gasteiger partial charge in [-0.25, -0.2) is 4.79 Å². The molecule has 0 spiro atoms. The molecular weight excluding hydrogens is 395 g/mol. The summed E-state index contributed by atoms with van der Waals surface area (Å²) < 4.78 is 11.3. The number of aryl methyl sites for hydroxylation is 1. The van der Waals surface area contributed by atoms with Crippen LogP contribution in [0.25, 0.3) is 11.0 Å². The zero-order valence-corrected chi connectivity index (χ0v) is 16.0. The van der Waals surface area contributed by atoms with Crippen molar-refractivity contribution in [3.8, 4) is 5.75 Å². The van der Waals surface area contributed by atoms with Crippen LogP contribution in [-0.4, -0.2) is 0 Å². The predicted molar refractivity (Wildman–Crippen MR) is 105 cm³/mol. The van der Waals surface area contributed by atoms with Crippen molar-refractivity contribution in [3.63, 3.8) is 0 Å². The SMILES string of the molecule is O=c1oc2cc(OCc3ccc(Cl)c(Cl)c3)c(Cl)cc2c2c1CCCC2. The van der Waals surface area contributed by atoms with E-state index < -0.39 is 0 Å². The average Bonchev–Trinajstić information content (AvgIpc) is 2.64. The van der Waals surface area contributed by atoms with Crippen LogP contribution < -0.4 is 10.4 Å². The lowest BCUT2D eigenvalue weighted by Crippen LogP contribution is -2.15. The molecule has 0 fully saturated rings. The maximum Gasteiger partial charge on any atom is 0.339 e. The summed E-state index contributed by atoms with van der Waals surface area (Å²) in [5.41, 5.74) is 2.95. The molecule has 0 atom stereocenters. The van der Waals surface area contributed by atoms with Gasteiger partial charge in [-0.2, -0.15) is 0 Å². The minimum Gasteiger partial charge on any atom is -0.487 e. The summed E-state index contributed by atoms with van der Waals surface area (Å²) >= 11 is 18.4. The van der Waals surface area contributed by atoms with Crippen LogP contribution in [0.3, 0.4) is 0 Å². The van der Waals surface area contributed by atoms with Crippen LogP contribution in [0.15, 0.2) is 39.5 Å². The molecule has 1 aliphatic carbocycles. The van der Waals surface area contributed by atoms with Gasteiger partial charge in [0.15, 0.2) is 0 Å². The number of hydrogen-bond donors (Lipinski definition) is 0. The Bertz CT molecular complexity index is 1060. The molecule has 3 nitrogen and oxygen atoms in total. The van der Waals surface area contributed by atoms with E-state index in [-0.39, 0.29) is 12.2 Å². The van der Waals surface area contributed by atoms with Crippen LogP contribution in [0.5, 0.6) is 5.75 Å². The first-order valence-electron chi connectivity index (χ1n) is 8.38. The normalized spacial score (nSPS) is 13.7. The molecule has 0 amide bonds. The van der Waals surface area contributed by atoms with Crippen molar-refractivity contribution in [3.05, 3.63) is 72.5 Å². The van der Waals surface area contributed by atoms with Crippen molar-refractivity contribution >= 4 is 45.8 Å². The Balaban J connectivity index is 1.69. The van der Waals surface area contributed by atoms with Crippen molar-refractivity contribution in [2.75, 3.05) is 0 Å². The minimum atomic E-state index is -0.259. The van der Waals surface area contributed by atoms with Gasteiger partial charge in [0, 0.05) is 17.0 Å². The lowest BCUT2D eigenvalue weighted by atomic mass is 9.91. The molecule has 1 aliphatic rings. The van der Waals surface area contributed by atoms with Crippen LogP contribution in [0.1, 0.15) is 29.5 Å². The zero-order valence-electron chi connectivity index (χ0n) is 13.8. The third-order valence-corrected chi connectivity index (χ3v) is 5.69. The van der Waals surface area contributed by atoms with Gasteiger partial charge in [-0.05, 0) is 55.0 Å². The molecule has 134 valence electrons. The first-order chi connectivity index (χ1) is 12.5. The topological polar surface area (TPSA) is 39.4 Å². The Kier molecular flexibility index (Phi) is 4.87. The number of hydrogen-bond acceptors (Lipinski definition) is 3. The largest absolute Gasteiger partial charge is 0.487 e. The summed E-state index contributed by atoms with van der Waals surface area (Å²) in [6, 6.07) is 8.81. The van der Waals surface area contributed by atoms with Crippen LogP contribution in [0, 0.1) is 0 Å². The number of halogens is 3. The van der Waals surface area contributed by atoms with Crippen molar-refractivity contribution in [2.45, 2.75) is 32.3 Å². The van der Waals surface area contributed by atoms with E-state index in [1.54, 1.807) is 18.2 Å². The Morgan fingerprint density at radius 2 is 1.69 bits per heavy atom. The quantitative estimate of drug-likeness (QED) is 0.483. The fourth-order valence-electron chi connectivity index (χ4n) is 3.35. The maximum absolute atomic E-state index is 12.3. The second kappa shape index (κ2) is 7.15. The summed E-state index contributed by atoms with van der Waals surface area (Å²) in [4.78, 5) is 12.3. The second-order valence-corrected chi connectivity index (χ2v) is 7.59. The van der Waals surface area contributed by atoms with Crippen molar-refractivity contribution in [1.82, 2.24) is 0 Å². The molecule has 26 heavy (non-hydrogen) atoms. The zero-order chi connectivity index (χ0) is 18.3. The van der Waals surface area contributed by atoms with Crippen molar-refractivity contribution < 1.29 is 9.15 Å². The average molecular weight is 410 g/mol. The van der Waals surface area contributed by atoms with E-state index in [0.717, 1.165) is 47.8 Å². The second-order valence-electron chi connectivity index (χ2n) is 6.37. The van der Waals surface area contributed by atoms with Crippen LogP contribution in [0.2, 0.25) is 15.1 Å². The number of ether oxygens (including phenoxy) is 1. The highest BCUT2D eigenvalue weighted by Crippen LogP contribution is 2.34. The Morgan fingerprint density at radius 3 is 2.46 bits per heavy atom. The Hall–Kier alpha value is -1.68. The molecule has 0 radical (unpaired) electrons. The third-order valence-electron chi connectivity index (χ3n) is 4.65. The van der Waals surface area contributed by atoms with Crippen molar-refractivity contribution in [1.29, 1.82) is 0 Å². The third kappa shape index (κ3) is 3.32. The molecule has 0 saturated carbocycles. The highest BCUT2D eigenvalue weighted by Gasteiger charge is 2.19. The van der Waals surface area contributed by atoms with Crippen LogP contribution in [0.4, 0.5) is 0 Å². The van der Waals surface area contributed by atoms with Crippen LogP contribution in [-0.2, 0) is 19.4 Å². The van der Waals surface area contributed by atoms with E-state index in [1.807, 2.05) is 12.1 Å². The molecule has 0 N–H and O–H groups in total. The Labute approximate surface area is 165 Å². The van der Waals surface area contributed by atoms with E-state index in [0.29, 0.717) is 26.4 Å². The van der Waals surface area contributed by atoms with Gasteiger partial charge in [-0.1, -0.05) is 40.9 Å². The molecular formula is C20H15Cl3O3. The maximum atomic E-state index is 12.3. The smallest absolute Gasteiger partial charge is 0.339 e. The van der Waals surface area contributed by atoms with Gasteiger partial charge >= 0.3 is 5.63 Å². The van der Waals surface area contributed by atoms with E-state index in [4.69, 9.17) is 44.0 Å². The predicted octanol–water partition coefficient (Wildman–Crippen LogP) is 6.21. The molecule has 0 unspecified atom stereocenters. The van der Waals surface area contributed by atoms with Crippen molar-refractivity contribution in [2.24, 2.45) is 0 Å². The van der Waals surface area contributed by atoms with Gasteiger partial charge in [-0.3, -0.25) is 0 Å². The van der Waals surface area contributed by atoms with Gasteiger partial charge in [0.1, 0.15) is 17.9 Å². The van der Waals surface area contributed by atoms with Gasteiger partial charge in [0.25, 0.3) is 0 Å². The molecule has 2 aromatic carbocycles. The number of benzene rings is 2. The van der Waals surface area contributed by atoms with E-state index in [1.165, 1.54) is 0 Å². The minimum absolute atomic E-state index is 0.259. The van der Waals surface area contributed by atoms with Crippen LogP contribution >= 0.6 is 34.8 Å². The molecule has 1 aromatic heterocycles. The molecule has 6 heteroatoms. The first-order valence-corrected chi connectivity index (χ1v) is 9.51. The van der Waals surface area contributed by atoms with Gasteiger partial charge < -0.3 is 9.15 Å². The number of fused-ring (bicyclic) bond motifs is 3. The fourth-order valence-corrected chi connectivity index (χ4v) is 3.88. The summed E-state index contributed by atoms with van der Waals surface area (Å²) in [5, 5.41) is 2.34. The molecule has 1 heterocycles. The standard InChI is InChI=1S/C20H15Cl3O3/c21-15-6-5-11(7-16(15)22)10-25-19-9-18-14(8-17(19)23)12-3-1-2-4-13(12)20(24)26-18/h5-9H,1-4,10H2. The van der Waals surface area contributed by atoms with E-state index in [9.17, 15) is 4.79 Å². The molecule has 4 rings (SSSR count). The molecule has 0 bridgehead atoms.